The van der Waals surface area contributed by atoms with Crippen molar-refractivity contribution < 1.29 is 9.53 Å². The number of rotatable bonds is 8. The maximum absolute atomic E-state index is 11.6. The molecular formula is C14H31N3O2S. The fourth-order valence-electron chi connectivity index (χ4n) is 1.86. The van der Waals surface area contributed by atoms with E-state index >= 15 is 0 Å². The Bertz CT molecular complexity index is 282. The van der Waals surface area contributed by atoms with E-state index in [1.165, 1.54) is 0 Å². The third-order valence-corrected chi connectivity index (χ3v) is 3.91. The minimum atomic E-state index is -0.457. The molecule has 0 saturated heterocycles. The molecule has 0 aliphatic heterocycles. The molecule has 2 atom stereocenters. The van der Waals surface area contributed by atoms with Crippen molar-refractivity contribution in [1.29, 1.82) is 0 Å². The molecule has 0 saturated carbocycles. The number of likely N-dealkylation sites (N-methyl/N-ethyl adjacent to an activating group) is 1. The lowest BCUT2D eigenvalue weighted by Gasteiger charge is -2.32. The highest BCUT2D eigenvalue weighted by Crippen LogP contribution is 2.10. The molecule has 20 heavy (non-hydrogen) atoms. The number of ether oxygens (including phenoxy) is 1. The molecule has 0 aromatic rings. The summed E-state index contributed by atoms with van der Waals surface area (Å²) in [5, 5.41) is 2.78. The molecule has 5 nitrogen and oxygen atoms in total. The van der Waals surface area contributed by atoms with E-state index in [0.717, 1.165) is 12.2 Å². The van der Waals surface area contributed by atoms with Crippen LogP contribution in [0, 0.1) is 0 Å². The summed E-state index contributed by atoms with van der Waals surface area (Å²) in [7, 11) is 2.09. The number of carbonyl (C=O) groups is 1. The minimum Gasteiger partial charge on any atom is -0.444 e. The molecule has 120 valence electrons. The molecular weight excluding hydrogens is 274 g/mol. The van der Waals surface area contributed by atoms with Gasteiger partial charge in [-0.3, -0.25) is 4.90 Å². The second-order valence-corrected chi connectivity index (χ2v) is 6.99. The van der Waals surface area contributed by atoms with Crippen molar-refractivity contribution in [3.05, 3.63) is 0 Å². The summed E-state index contributed by atoms with van der Waals surface area (Å²) in [5.41, 5.74) is 5.38. The van der Waals surface area contributed by atoms with Crippen molar-refractivity contribution >= 4 is 17.9 Å². The van der Waals surface area contributed by atoms with Crippen LogP contribution in [-0.2, 0) is 4.74 Å². The normalized spacial score (nSPS) is 15.0. The van der Waals surface area contributed by atoms with E-state index in [4.69, 9.17) is 10.5 Å². The zero-order valence-corrected chi connectivity index (χ0v) is 14.5. The van der Waals surface area contributed by atoms with Crippen LogP contribution in [0.1, 0.15) is 34.1 Å². The lowest BCUT2D eigenvalue weighted by molar-refractivity contribution is 0.0522. The lowest BCUT2D eigenvalue weighted by atomic mass is 10.1. The molecule has 3 N–H and O–H groups in total. The summed E-state index contributed by atoms with van der Waals surface area (Å²) < 4.78 is 5.20. The third kappa shape index (κ3) is 8.66. The molecule has 0 radical (unpaired) electrons. The number of alkyl carbamates (subject to hydrolysis) is 1. The number of carbonyl (C=O) groups excluding carboxylic acids is 1. The molecule has 6 heteroatoms. The molecule has 0 rings (SSSR count). The van der Waals surface area contributed by atoms with Gasteiger partial charge >= 0.3 is 6.09 Å². The third-order valence-electron chi connectivity index (χ3n) is 3.10. The zero-order chi connectivity index (χ0) is 15.8. The van der Waals surface area contributed by atoms with E-state index in [0.29, 0.717) is 19.1 Å². The summed E-state index contributed by atoms with van der Waals surface area (Å²) in [5.74, 6) is 1.08. The Labute approximate surface area is 128 Å². The highest BCUT2D eigenvalue weighted by Gasteiger charge is 2.19. The Morgan fingerprint density at radius 2 is 2.05 bits per heavy atom. The summed E-state index contributed by atoms with van der Waals surface area (Å²) in [6.07, 6.45) is 2.56. The van der Waals surface area contributed by atoms with Gasteiger partial charge < -0.3 is 15.8 Å². The van der Waals surface area contributed by atoms with Crippen molar-refractivity contribution in [3.63, 3.8) is 0 Å². The Morgan fingerprint density at radius 1 is 1.45 bits per heavy atom. The van der Waals surface area contributed by atoms with Crippen LogP contribution in [-0.4, -0.2) is 60.8 Å². The van der Waals surface area contributed by atoms with E-state index in [2.05, 4.69) is 30.4 Å². The second-order valence-electron chi connectivity index (χ2n) is 6.08. The second kappa shape index (κ2) is 9.47. The van der Waals surface area contributed by atoms with Crippen LogP contribution < -0.4 is 11.1 Å². The first kappa shape index (κ1) is 19.5. The Hall–Kier alpha value is -0.460. The summed E-state index contributed by atoms with van der Waals surface area (Å²) >= 11 is 1.83. The molecule has 0 fully saturated rings. The molecule has 0 spiro atoms. The molecule has 0 aliphatic carbocycles. The first-order valence-electron chi connectivity index (χ1n) is 7.09. The van der Waals surface area contributed by atoms with Crippen LogP contribution in [0.5, 0.6) is 0 Å². The molecule has 0 aliphatic rings. The van der Waals surface area contributed by atoms with Gasteiger partial charge in [-0.05, 0) is 47.4 Å². The van der Waals surface area contributed by atoms with E-state index < -0.39 is 5.60 Å². The van der Waals surface area contributed by atoms with Crippen LogP contribution in [0.15, 0.2) is 0 Å². The van der Waals surface area contributed by atoms with Crippen molar-refractivity contribution in [2.75, 3.05) is 32.1 Å². The monoisotopic (exact) mass is 305 g/mol. The molecule has 0 bridgehead atoms. The van der Waals surface area contributed by atoms with E-state index in [1.54, 1.807) is 0 Å². The van der Waals surface area contributed by atoms with Gasteiger partial charge in [0.05, 0.1) is 0 Å². The van der Waals surface area contributed by atoms with E-state index in [9.17, 15) is 4.79 Å². The Kier molecular flexibility index (Phi) is 9.25. The van der Waals surface area contributed by atoms with Crippen LogP contribution in [0.2, 0.25) is 0 Å². The van der Waals surface area contributed by atoms with Gasteiger partial charge in [0.1, 0.15) is 5.60 Å². The molecule has 0 aromatic heterocycles. The van der Waals surface area contributed by atoms with Crippen LogP contribution in [0.3, 0.4) is 0 Å². The number of nitrogens with zero attached hydrogens (tertiary/aromatic N) is 1. The SMILES string of the molecule is CSCC(C)N(C)C(CN)CCNC(=O)OC(C)(C)C. The Morgan fingerprint density at radius 3 is 2.50 bits per heavy atom. The first-order chi connectivity index (χ1) is 9.21. The molecule has 0 aromatic carbocycles. The number of hydrogen-bond acceptors (Lipinski definition) is 5. The van der Waals surface area contributed by atoms with Gasteiger partial charge in [0.2, 0.25) is 0 Å². The van der Waals surface area contributed by atoms with Gasteiger partial charge in [0.15, 0.2) is 0 Å². The topological polar surface area (TPSA) is 67.6 Å². The quantitative estimate of drug-likeness (QED) is 0.717. The van der Waals surface area contributed by atoms with Gasteiger partial charge in [-0.25, -0.2) is 4.79 Å². The molecule has 0 heterocycles. The average molecular weight is 305 g/mol. The van der Waals surface area contributed by atoms with Crippen LogP contribution >= 0.6 is 11.8 Å². The van der Waals surface area contributed by atoms with Gasteiger partial charge in [0, 0.05) is 30.9 Å². The number of thioether (sulfide) groups is 1. The standard InChI is InChI=1S/C14H31N3O2S/c1-11(10-20-6)17(5)12(9-15)7-8-16-13(18)19-14(2,3)4/h11-12H,7-10,15H2,1-6H3,(H,16,18). The van der Waals surface area contributed by atoms with E-state index in [-0.39, 0.29) is 12.1 Å². The van der Waals surface area contributed by atoms with Gasteiger partial charge in [0.25, 0.3) is 0 Å². The zero-order valence-electron chi connectivity index (χ0n) is 13.7. The highest BCUT2D eigenvalue weighted by atomic mass is 32.2. The van der Waals surface area contributed by atoms with Crippen molar-refractivity contribution in [2.45, 2.75) is 51.8 Å². The fraction of sp³-hybridized carbons (Fsp3) is 0.929. The highest BCUT2D eigenvalue weighted by molar-refractivity contribution is 7.98. The predicted octanol–water partition coefficient (Wildman–Crippen LogP) is 1.91. The number of amides is 1. The summed E-state index contributed by atoms with van der Waals surface area (Å²) in [4.78, 5) is 13.8. The van der Waals surface area contributed by atoms with Crippen LogP contribution in [0.4, 0.5) is 4.79 Å². The van der Waals surface area contributed by atoms with Crippen molar-refractivity contribution in [1.82, 2.24) is 10.2 Å². The van der Waals surface area contributed by atoms with Crippen LogP contribution in [0.25, 0.3) is 0 Å². The van der Waals surface area contributed by atoms with Gasteiger partial charge in [-0.1, -0.05) is 0 Å². The number of hydrogen-bond donors (Lipinski definition) is 2. The van der Waals surface area contributed by atoms with Gasteiger partial charge in [-0.2, -0.15) is 11.8 Å². The van der Waals surface area contributed by atoms with Gasteiger partial charge in [-0.15, -0.1) is 0 Å². The Balaban J connectivity index is 4.10. The maximum Gasteiger partial charge on any atom is 0.407 e. The molecule has 1 amide bonds. The summed E-state index contributed by atoms with van der Waals surface area (Å²) in [6.45, 7) is 8.92. The largest absolute Gasteiger partial charge is 0.444 e. The van der Waals surface area contributed by atoms with Crippen molar-refractivity contribution in [2.24, 2.45) is 5.73 Å². The predicted molar refractivity (Wildman–Crippen MR) is 87.3 cm³/mol. The fourth-order valence-corrected chi connectivity index (χ4v) is 2.58. The van der Waals surface area contributed by atoms with Crippen molar-refractivity contribution in [3.8, 4) is 0 Å². The minimum absolute atomic E-state index is 0.270. The van der Waals surface area contributed by atoms with E-state index in [1.807, 2.05) is 32.5 Å². The average Bonchev–Trinajstić information content (AvgIpc) is 2.32. The maximum atomic E-state index is 11.6. The summed E-state index contributed by atoms with van der Waals surface area (Å²) in [6, 6.07) is 0.743. The lowest BCUT2D eigenvalue weighted by Crippen LogP contribution is -2.46. The number of nitrogens with one attached hydrogen (secondary N) is 1. The smallest absolute Gasteiger partial charge is 0.407 e. The first-order valence-corrected chi connectivity index (χ1v) is 8.48. The number of nitrogens with two attached hydrogens (primary N) is 1. The molecule has 2 unspecified atom stereocenters.